The molecular weight excluding hydrogens is 461 g/mol. The van der Waals surface area contributed by atoms with Gasteiger partial charge in [-0.15, -0.1) is 11.3 Å². The lowest BCUT2D eigenvalue weighted by Gasteiger charge is -2.26. The van der Waals surface area contributed by atoms with Crippen molar-refractivity contribution in [2.24, 2.45) is 0 Å². The van der Waals surface area contributed by atoms with Crippen molar-refractivity contribution in [3.63, 3.8) is 0 Å². The third-order valence-electron chi connectivity index (χ3n) is 5.58. The average molecular weight is 486 g/mol. The number of amides is 2. The van der Waals surface area contributed by atoms with Gasteiger partial charge in [-0.25, -0.2) is 4.39 Å². The van der Waals surface area contributed by atoms with Gasteiger partial charge in [0.05, 0.1) is 20.5 Å². The first-order valence-electron chi connectivity index (χ1n) is 10.9. The van der Waals surface area contributed by atoms with E-state index < -0.39 is 11.7 Å². The third kappa shape index (κ3) is 5.99. The monoisotopic (exact) mass is 485 g/mol. The fourth-order valence-electron chi connectivity index (χ4n) is 3.93. The maximum Gasteiger partial charge on any atom is 0.266 e. The van der Waals surface area contributed by atoms with Crippen molar-refractivity contribution >= 4 is 45.4 Å². The van der Waals surface area contributed by atoms with Crippen LogP contribution in [0.1, 0.15) is 50.4 Å². The Morgan fingerprint density at radius 1 is 1.03 bits per heavy atom. The van der Waals surface area contributed by atoms with Crippen molar-refractivity contribution in [2.45, 2.75) is 32.7 Å². The second-order valence-corrected chi connectivity index (χ2v) is 9.65. The summed E-state index contributed by atoms with van der Waals surface area (Å²) in [6.07, 6.45) is 3.77. The summed E-state index contributed by atoms with van der Waals surface area (Å²) in [4.78, 5) is 28.4. The highest BCUT2D eigenvalue weighted by Gasteiger charge is 2.18. The van der Waals surface area contributed by atoms with Gasteiger partial charge in [0.25, 0.3) is 11.8 Å². The lowest BCUT2D eigenvalue weighted by atomic mass is 10.1. The van der Waals surface area contributed by atoms with Crippen LogP contribution in [0.4, 0.5) is 15.1 Å². The predicted octanol–water partition coefficient (Wildman–Crippen LogP) is 6.34. The van der Waals surface area contributed by atoms with Gasteiger partial charge < -0.3 is 10.6 Å². The van der Waals surface area contributed by atoms with E-state index in [0.717, 1.165) is 37.0 Å². The molecule has 8 heteroatoms. The van der Waals surface area contributed by atoms with Gasteiger partial charge >= 0.3 is 0 Å². The van der Waals surface area contributed by atoms with Crippen LogP contribution in [0.2, 0.25) is 5.02 Å². The lowest BCUT2D eigenvalue weighted by molar-refractivity contribution is 0.102. The van der Waals surface area contributed by atoms with Gasteiger partial charge in [0.15, 0.2) is 0 Å². The number of hydrogen-bond donors (Lipinski definition) is 2. The highest BCUT2D eigenvalue weighted by Crippen LogP contribution is 2.29. The predicted molar refractivity (Wildman–Crippen MR) is 132 cm³/mol. The number of piperidine rings is 1. The van der Waals surface area contributed by atoms with Crippen LogP contribution in [0.25, 0.3) is 0 Å². The van der Waals surface area contributed by atoms with Crippen LogP contribution in [0, 0.1) is 12.7 Å². The number of nitrogens with zero attached hydrogens (tertiary/aromatic N) is 1. The van der Waals surface area contributed by atoms with Crippen molar-refractivity contribution in [3.05, 3.63) is 80.9 Å². The van der Waals surface area contributed by atoms with E-state index in [1.807, 2.05) is 25.1 Å². The molecule has 5 nitrogen and oxygen atoms in total. The highest BCUT2D eigenvalue weighted by atomic mass is 35.5. The maximum absolute atomic E-state index is 13.2. The smallest absolute Gasteiger partial charge is 0.266 e. The number of hydrogen-bond acceptors (Lipinski definition) is 4. The van der Waals surface area contributed by atoms with Crippen LogP contribution in [-0.2, 0) is 6.54 Å². The fourth-order valence-corrected chi connectivity index (χ4v) is 5.15. The minimum Gasteiger partial charge on any atom is -0.321 e. The zero-order valence-corrected chi connectivity index (χ0v) is 19.9. The van der Waals surface area contributed by atoms with Gasteiger partial charge in [0.2, 0.25) is 0 Å². The summed E-state index contributed by atoms with van der Waals surface area (Å²) in [5, 5.41) is 6.25. The van der Waals surface area contributed by atoms with Crippen LogP contribution in [-0.4, -0.2) is 29.8 Å². The molecule has 0 spiro atoms. The number of anilines is 2. The lowest BCUT2D eigenvalue weighted by Crippen LogP contribution is -2.29. The van der Waals surface area contributed by atoms with Gasteiger partial charge in [-0.1, -0.05) is 30.2 Å². The Kier molecular flexibility index (Phi) is 7.42. The highest BCUT2D eigenvalue weighted by molar-refractivity contribution is 7.18. The third-order valence-corrected chi connectivity index (χ3v) is 7.04. The van der Waals surface area contributed by atoms with Crippen LogP contribution in [0.3, 0.4) is 0 Å². The second-order valence-electron chi connectivity index (χ2n) is 8.19. The number of carbonyl (C=O) groups is 2. The Hall–Kier alpha value is -2.74. The van der Waals surface area contributed by atoms with Crippen LogP contribution in [0.5, 0.6) is 0 Å². The zero-order valence-electron chi connectivity index (χ0n) is 18.3. The van der Waals surface area contributed by atoms with E-state index in [9.17, 15) is 14.0 Å². The van der Waals surface area contributed by atoms with E-state index in [1.54, 1.807) is 6.07 Å². The second kappa shape index (κ2) is 10.5. The normalized spacial score (nSPS) is 14.2. The summed E-state index contributed by atoms with van der Waals surface area (Å²) < 4.78 is 13.2. The summed E-state index contributed by atoms with van der Waals surface area (Å²) in [7, 11) is 0. The molecule has 0 unspecified atom stereocenters. The molecule has 2 N–H and O–H groups in total. The quantitative estimate of drug-likeness (QED) is 0.428. The molecule has 172 valence electrons. The van der Waals surface area contributed by atoms with E-state index in [1.165, 1.54) is 48.3 Å². The largest absolute Gasteiger partial charge is 0.321 e. The van der Waals surface area contributed by atoms with Gasteiger partial charge in [-0.05, 0) is 80.4 Å². The molecule has 2 heterocycles. The first-order chi connectivity index (χ1) is 15.9. The number of rotatable bonds is 6. The number of likely N-dealkylation sites (tertiary alicyclic amines) is 1. The Morgan fingerprint density at radius 3 is 2.58 bits per heavy atom. The van der Waals surface area contributed by atoms with Gasteiger partial charge in [0.1, 0.15) is 5.82 Å². The van der Waals surface area contributed by atoms with Crippen molar-refractivity contribution in [1.29, 1.82) is 0 Å². The number of carbonyl (C=O) groups excluding carboxylic acids is 2. The minimum absolute atomic E-state index is 0.0307. The Balaban J connectivity index is 1.42. The molecule has 4 rings (SSSR count). The van der Waals surface area contributed by atoms with E-state index in [0.29, 0.717) is 9.88 Å². The van der Waals surface area contributed by atoms with Crippen LogP contribution >= 0.6 is 22.9 Å². The summed E-state index contributed by atoms with van der Waals surface area (Å²) in [5.41, 5.74) is 2.83. The van der Waals surface area contributed by atoms with E-state index >= 15 is 0 Å². The van der Waals surface area contributed by atoms with E-state index in [4.69, 9.17) is 11.6 Å². The Labute approximate surface area is 201 Å². The van der Waals surface area contributed by atoms with Gasteiger partial charge in [-0.3, -0.25) is 14.5 Å². The molecule has 1 aliphatic heterocycles. The maximum atomic E-state index is 13.2. The molecule has 0 bridgehead atoms. The fraction of sp³-hybridized carbons (Fsp3) is 0.280. The van der Waals surface area contributed by atoms with E-state index in [-0.39, 0.29) is 16.5 Å². The molecular formula is C25H25ClFN3O2S. The number of halogens is 2. The molecule has 1 aliphatic rings. The molecule has 0 radical (unpaired) electrons. The van der Waals surface area contributed by atoms with Gasteiger partial charge in [0, 0.05) is 12.2 Å². The molecule has 0 saturated carbocycles. The Morgan fingerprint density at radius 2 is 1.82 bits per heavy atom. The number of nitrogens with one attached hydrogen (secondary N) is 2. The van der Waals surface area contributed by atoms with Crippen LogP contribution < -0.4 is 10.6 Å². The van der Waals surface area contributed by atoms with Gasteiger partial charge in [-0.2, -0.15) is 0 Å². The average Bonchev–Trinajstić information content (AvgIpc) is 3.14. The molecule has 1 fully saturated rings. The number of benzene rings is 2. The summed E-state index contributed by atoms with van der Waals surface area (Å²) in [6.45, 7) is 4.92. The zero-order chi connectivity index (χ0) is 23.4. The molecule has 3 aromatic rings. The molecule has 2 amide bonds. The topological polar surface area (TPSA) is 61.4 Å². The molecule has 2 aromatic carbocycles. The van der Waals surface area contributed by atoms with E-state index in [2.05, 4.69) is 21.6 Å². The molecule has 0 aliphatic carbocycles. The summed E-state index contributed by atoms with van der Waals surface area (Å²) in [6, 6.07) is 13.3. The van der Waals surface area contributed by atoms with Crippen LogP contribution in [0.15, 0.2) is 48.5 Å². The molecule has 33 heavy (non-hydrogen) atoms. The van der Waals surface area contributed by atoms with Crippen molar-refractivity contribution in [2.75, 3.05) is 23.7 Å². The summed E-state index contributed by atoms with van der Waals surface area (Å²) >= 11 is 7.16. The molecule has 1 saturated heterocycles. The van der Waals surface area contributed by atoms with Crippen molar-refractivity contribution in [1.82, 2.24) is 4.90 Å². The number of thiophene rings is 1. The summed E-state index contributed by atoms with van der Waals surface area (Å²) in [5.74, 6) is -1.20. The standard InChI is InChI=1S/C25H25ClFN3O2S/c1-16-12-22(29-24(31)20-9-8-18(27)14-21(20)26)33-23(16)25(32)28-19-7-5-6-17(13-19)15-30-10-3-2-4-11-30/h5-9,12-14H,2-4,10-11,15H2,1H3,(H,28,32)(H,29,31). The van der Waals surface area contributed by atoms with Crippen molar-refractivity contribution in [3.8, 4) is 0 Å². The Bertz CT molecular complexity index is 1170. The first kappa shape index (κ1) is 23.4. The first-order valence-corrected chi connectivity index (χ1v) is 12.1. The molecule has 0 atom stereocenters. The van der Waals surface area contributed by atoms with Crippen molar-refractivity contribution < 1.29 is 14.0 Å². The SMILES string of the molecule is Cc1cc(NC(=O)c2ccc(F)cc2Cl)sc1C(=O)Nc1cccc(CN2CCCCC2)c1. The minimum atomic E-state index is -0.512. The molecule has 1 aromatic heterocycles. The number of aryl methyl sites for hydroxylation is 1.